The van der Waals surface area contributed by atoms with Crippen molar-refractivity contribution in [3.8, 4) is 0 Å². The number of amides is 2. The number of carbonyl (C=O) groups is 1. The van der Waals surface area contributed by atoms with Crippen molar-refractivity contribution in [2.75, 3.05) is 24.7 Å². The highest BCUT2D eigenvalue weighted by atomic mass is 32.2. The summed E-state index contributed by atoms with van der Waals surface area (Å²) in [5, 5.41) is 5.60. The van der Waals surface area contributed by atoms with Gasteiger partial charge in [0.2, 0.25) is 0 Å². The normalized spacial score (nSPS) is 19.4. The molecule has 1 aliphatic heterocycles. The molecule has 0 bridgehead atoms. The second-order valence-corrected chi connectivity index (χ2v) is 6.87. The molecule has 0 aliphatic carbocycles. The molecule has 1 aromatic carbocycles. The zero-order valence-electron chi connectivity index (χ0n) is 13.0. The summed E-state index contributed by atoms with van der Waals surface area (Å²) < 4.78 is 17.1. The number of carbonyl (C=O) groups excluding carboxylic acids is 1. The summed E-state index contributed by atoms with van der Waals surface area (Å²) in [6.45, 7) is 1.50. The average Bonchev–Trinajstić information content (AvgIpc) is 2.53. The first kappa shape index (κ1) is 17.0. The van der Waals surface area contributed by atoms with Crippen molar-refractivity contribution in [1.29, 1.82) is 0 Å². The standard InChI is InChI=1S/C16H24N2O3S/c1-22(20)15-9-4-6-13(12-15)18-16(19)17-10-5-8-14-7-2-3-11-21-14/h4,6,9,12,14H,2-3,5,7-8,10-11H2,1H3,(H2,17,18,19)/t14-,22+/m0/s1. The van der Waals surface area contributed by atoms with Crippen molar-refractivity contribution < 1.29 is 13.7 Å². The third-order valence-corrected chi connectivity index (χ3v) is 4.60. The predicted octanol–water partition coefficient (Wildman–Crippen LogP) is 2.89. The van der Waals surface area contributed by atoms with Gasteiger partial charge in [0.25, 0.3) is 0 Å². The topological polar surface area (TPSA) is 67.4 Å². The van der Waals surface area contributed by atoms with Crippen molar-refractivity contribution in [1.82, 2.24) is 5.32 Å². The molecule has 2 rings (SSSR count). The molecule has 2 N–H and O–H groups in total. The summed E-state index contributed by atoms with van der Waals surface area (Å²) >= 11 is 0. The summed E-state index contributed by atoms with van der Waals surface area (Å²) in [6.07, 6.45) is 7.42. The van der Waals surface area contributed by atoms with Crippen LogP contribution in [0.2, 0.25) is 0 Å². The molecule has 1 aromatic rings. The highest BCUT2D eigenvalue weighted by molar-refractivity contribution is 7.84. The van der Waals surface area contributed by atoms with E-state index in [9.17, 15) is 9.00 Å². The maximum absolute atomic E-state index is 11.8. The molecule has 122 valence electrons. The summed E-state index contributed by atoms with van der Waals surface area (Å²) in [5.74, 6) is 0. The number of hydrogen-bond acceptors (Lipinski definition) is 3. The average molecular weight is 324 g/mol. The van der Waals surface area contributed by atoms with Gasteiger partial charge in [0.15, 0.2) is 0 Å². The Morgan fingerprint density at radius 2 is 2.27 bits per heavy atom. The largest absolute Gasteiger partial charge is 0.378 e. The molecule has 1 saturated heterocycles. The summed E-state index contributed by atoms with van der Waals surface area (Å²) in [7, 11) is -1.05. The van der Waals surface area contributed by atoms with Gasteiger partial charge in [0.05, 0.1) is 6.10 Å². The molecule has 1 heterocycles. The molecular formula is C16H24N2O3S. The van der Waals surface area contributed by atoms with E-state index < -0.39 is 10.8 Å². The third kappa shape index (κ3) is 5.77. The Morgan fingerprint density at radius 3 is 3.00 bits per heavy atom. The van der Waals surface area contributed by atoms with Crippen LogP contribution in [0.25, 0.3) is 0 Å². The number of hydrogen-bond donors (Lipinski definition) is 2. The molecule has 1 fully saturated rings. The molecule has 6 heteroatoms. The molecule has 2 amide bonds. The summed E-state index contributed by atoms with van der Waals surface area (Å²) in [5.41, 5.74) is 0.654. The van der Waals surface area contributed by atoms with E-state index in [0.29, 0.717) is 23.2 Å². The second kappa shape index (κ2) is 8.90. The fourth-order valence-corrected chi connectivity index (χ4v) is 3.06. The fraction of sp³-hybridized carbons (Fsp3) is 0.562. The molecule has 22 heavy (non-hydrogen) atoms. The molecule has 0 radical (unpaired) electrons. The van der Waals surface area contributed by atoms with Crippen LogP contribution >= 0.6 is 0 Å². The van der Waals surface area contributed by atoms with Crippen LogP contribution in [0.3, 0.4) is 0 Å². The van der Waals surface area contributed by atoms with Gasteiger partial charge in [-0.1, -0.05) is 6.07 Å². The highest BCUT2D eigenvalue weighted by Gasteiger charge is 2.13. The third-order valence-electron chi connectivity index (χ3n) is 3.69. The first-order valence-corrected chi connectivity index (χ1v) is 9.31. The first-order valence-electron chi connectivity index (χ1n) is 7.75. The maximum atomic E-state index is 11.8. The van der Waals surface area contributed by atoms with Crippen LogP contribution in [0.5, 0.6) is 0 Å². The van der Waals surface area contributed by atoms with E-state index in [1.165, 1.54) is 12.8 Å². The van der Waals surface area contributed by atoms with E-state index in [1.54, 1.807) is 30.5 Å². The van der Waals surface area contributed by atoms with Crippen molar-refractivity contribution in [3.05, 3.63) is 24.3 Å². The minimum Gasteiger partial charge on any atom is -0.378 e. The van der Waals surface area contributed by atoms with Gasteiger partial charge in [-0.2, -0.15) is 0 Å². The predicted molar refractivity (Wildman–Crippen MR) is 88.6 cm³/mol. The number of benzene rings is 1. The van der Waals surface area contributed by atoms with Gasteiger partial charge in [0.1, 0.15) is 0 Å². The van der Waals surface area contributed by atoms with Crippen LogP contribution in [0.1, 0.15) is 32.1 Å². The molecule has 2 atom stereocenters. The number of nitrogens with one attached hydrogen (secondary N) is 2. The Morgan fingerprint density at radius 1 is 1.41 bits per heavy atom. The number of ether oxygens (including phenoxy) is 1. The van der Waals surface area contributed by atoms with Crippen molar-refractivity contribution in [3.63, 3.8) is 0 Å². The monoisotopic (exact) mass is 324 g/mol. The Balaban J connectivity index is 1.67. The smallest absolute Gasteiger partial charge is 0.319 e. The first-order chi connectivity index (χ1) is 10.6. The lowest BCUT2D eigenvalue weighted by atomic mass is 10.0. The number of rotatable bonds is 6. The van der Waals surface area contributed by atoms with Gasteiger partial charge >= 0.3 is 6.03 Å². The van der Waals surface area contributed by atoms with Gasteiger partial charge in [0, 0.05) is 40.8 Å². The molecule has 0 saturated carbocycles. The zero-order valence-corrected chi connectivity index (χ0v) is 13.8. The van der Waals surface area contributed by atoms with Crippen molar-refractivity contribution >= 4 is 22.5 Å². The van der Waals surface area contributed by atoms with E-state index in [1.807, 2.05) is 0 Å². The molecule has 0 aromatic heterocycles. The van der Waals surface area contributed by atoms with Gasteiger partial charge in [-0.3, -0.25) is 4.21 Å². The lowest BCUT2D eigenvalue weighted by Gasteiger charge is -2.22. The minimum absolute atomic E-state index is 0.233. The van der Waals surface area contributed by atoms with Gasteiger partial charge in [-0.15, -0.1) is 0 Å². The Labute approximate surface area is 134 Å². The highest BCUT2D eigenvalue weighted by Crippen LogP contribution is 2.16. The Bertz CT molecular complexity index is 516. The van der Waals surface area contributed by atoms with Gasteiger partial charge in [-0.25, -0.2) is 4.79 Å². The zero-order chi connectivity index (χ0) is 15.8. The van der Waals surface area contributed by atoms with Crippen LogP contribution in [0, 0.1) is 0 Å². The fourth-order valence-electron chi connectivity index (χ4n) is 2.49. The lowest BCUT2D eigenvalue weighted by Crippen LogP contribution is -2.30. The van der Waals surface area contributed by atoms with Gasteiger partial charge in [-0.05, 0) is 50.3 Å². The SMILES string of the molecule is C[S@@](=O)c1cccc(NC(=O)NCCC[C@@H]2CCCCO2)c1. The van der Waals surface area contributed by atoms with E-state index >= 15 is 0 Å². The maximum Gasteiger partial charge on any atom is 0.319 e. The van der Waals surface area contributed by atoms with Crippen LogP contribution in [-0.2, 0) is 15.5 Å². The van der Waals surface area contributed by atoms with E-state index in [-0.39, 0.29) is 6.03 Å². The Hall–Kier alpha value is -1.40. The van der Waals surface area contributed by atoms with Crippen LogP contribution in [-0.4, -0.2) is 35.8 Å². The molecule has 1 aliphatic rings. The lowest BCUT2D eigenvalue weighted by molar-refractivity contribution is 0.0103. The summed E-state index contributed by atoms with van der Waals surface area (Å²) in [6, 6.07) is 6.84. The summed E-state index contributed by atoms with van der Waals surface area (Å²) in [4.78, 5) is 12.5. The van der Waals surface area contributed by atoms with E-state index in [4.69, 9.17) is 4.74 Å². The number of urea groups is 1. The number of anilines is 1. The van der Waals surface area contributed by atoms with Gasteiger partial charge < -0.3 is 15.4 Å². The molecular weight excluding hydrogens is 300 g/mol. The molecule has 0 unspecified atom stereocenters. The van der Waals surface area contributed by atoms with Crippen molar-refractivity contribution in [2.24, 2.45) is 0 Å². The van der Waals surface area contributed by atoms with Crippen LogP contribution < -0.4 is 10.6 Å². The van der Waals surface area contributed by atoms with Crippen molar-refractivity contribution in [2.45, 2.75) is 43.1 Å². The van der Waals surface area contributed by atoms with Crippen LogP contribution in [0.4, 0.5) is 10.5 Å². The van der Waals surface area contributed by atoms with Crippen LogP contribution in [0.15, 0.2) is 29.2 Å². The Kier molecular flexibility index (Phi) is 6.86. The van der Waals surface area contributed by atoms with E-state index in [2.05, 4.69) is 10.6 Å². The molecule has 0 spiro atoms. The quantitative estimate of drug-likeness (QED) is 0.791. The second-order valence-electron chi connectivity index (χ2n) is 5.49. The molecule has 5 nitrogen and oxygen atoms in total. The minimum atomic E-state index is -1.05. The van der Waals surface area contributed by atoms with E-state index in [0.717, 1.165) is 25.9 Å².